The number of nitrogens with zero attached hydrogens (tertiary/aromatic N) is 1. The molecule has 1 amide bonds. The molecule has 0 aliphatic rings. The van der Waals surface area contributed by atoms with Gasteiger partial charge in [0, 0.05) is 16.6 Å². The van der Waals surface area contributed by atoms with E-state index in [1.54, 1.807) is 30.3 Å². The van der Waals surface area contributed by atoms with Gasteiger partial charge in [-0.15, -0.1) is 0 Å². The molecular formula is C22H13Cl2FN2O. The number of rotatable bonds is 3. The number of anilines is 1. The van der Waals surface area contributed by atoms with E-state index < -0.39 is 5.82 Å². The predicted octanol–water partition coefficient (Wildman–Crippen LogP) is 6.60. The summed E-state index contributed by atoms with van der Waals surface area (Å²) in [4.78, 5) is 17.6. The number of pyridine rings is 1. The van der Waals surface area contributed by atoms with Gasteiger partial charge in [-0.05, 0) is 42.5 Å². The standard InChI is InChI=1S/C22H13Cl2FN2O/c23-18-9-8-13(10-19(18)24)21-12-17(16-6-1-2-7-20(16)27-21)22(28)26-15-5-3-4-14(25)11-15/h1-12H,(H,26,28). The second-order valence-corrected chi connectivity index (χ2v) is 6.98. The molecule has 6 heteroatoms. The monoisotopic (exact) mass is 410 g/mol. The van der Waals surface area contributed by atoms with Gasteiger partial charge < -0.3 is 5.32 Å². The molecule has 4 aromatic rings. The van der Waals surface area contributed by atoms with Crippen LogP contribution in [0.3, 0.4) is 0 Å². The Hall–Kier alpha value is -2.95. The third kappa shape index (κ3) is 3.70. The van der Waals surface area contributed by atoms with Gasteiger partial charge in [-0.2, -0.15) is 0 Å². The van der Waals surface area contributed by atoms with Crippen molar-refractivity contribution in [1.82, 2.24) is 4.98 Å². The number of amides is 1. The van der Waals surface area contributed by atoms with Crippen molar-refractivity contribution in [2.24, 2.45) is 0 Å². The Morgan fingerprint density at radius 1 is 0.893 bits per heavy atom. The van der Waals surface area contributed by atoms with Crippen LogP contribution in [0.2, 0.25) is 10.0 Å². The average Bonchev–Trinajstić information content (AvgIpc) is 2.69. The molecule has 1 N–H and O–H groups in total. The zero-order chi connectivity index (χ0) is 19.7. The normalized spacial score (nSPS) is 10.8. The Morgan fingerprint density at radius 3 is 2.50 bits per heavy atom. The summed E-state index contributed by atoms with van der Waals surface area (Å²) in [5, 5.41) is 4.27. The highest BCUT2D eigenvalue weighted by Crippen LogP contribution is 2.30. The SMILES string of the molecule is O=C(Nc1cccc(F)c1)c1cc(-c2ccc(Cl)c(Cl)c2)nc2ccccc12. The average molecular weight is 411 g/mol. The molecule has 1 heterocycles. The summed E-state index contributed by atoms with van der Waals surface area (Å²) >= 11 is 12.1. The molecule has 0 unspecified atom stereocenters. The van der Waals surface area contributed by atoms with Gasteiger partial charge in [0.2, 0.25) is 0 Å². The molecule has 0 radical (unpaired) electrons. The number of halogens is 3. The van der Waals surface area contributed by atoms with Crippen LogP contribution in [0, 0.1) is 5.82 Å². The number of carbonyl (C=O) groups excluding carboxylic acids is 1. The summed E-state index contributed by atoms with van der Waals surface area (Å²) in [7, 11) is 0. The van der Waals surface area contributed by atoms with Crippen molar-refractivity contribution in [3.8, 4) is 11.3 Å². The number of hydrogen-bond acceptors (Lipinski definition) is 2. The molecule has 0 spiro atoms. The molecule has 0 aliphatic carbocycles. The Morgan fingerprint density at radius 2 is 1.71 bits per heavy atom. The first-order chi connectivity index (χ1) is 13.5. The van der Waals surface area contributed by atoms with E-state index in [0.29, 0.717) is 37.9 Å². The minimum absolute atomic E-state index is 0.356. The fourth-order valence-electron chi connectivity index (χ4n) is 2.93. The van der Waals surface area contributed by atoms with Crippen LogP contribution in [0.1, 0.15) is 10.4 Å². The van der Waals surface area contributed by atoms with Gasteiger partial charge in [0.05, 0.1) is 26.8 Å². The van der Waals surface area contributed by atoms with E-state index in [1.807, 2.05) is 24.3 Å². The fourth-order valence-corrected chi connectivity index (χ4v) is 3.23. The minimum Gasteiger partial charge on any atom is -0.322 e. The summed E-state index contributed by atoms with van der Waals surface area (Å²) in [6.07, 6.45) is 0. The lowest BCUT2D eigenvalue weighted by Gasteiger charge is -2.11. The molecule has 0 saturated carbocycles. The van der Waals surface area contributed by atoms with E-state index in [9.17, 15) is 9.18 Å². The fraction of sp³-hybridized carbons (Fsp3) is 0. The third-order valence-electron chi connectivity index (χ3n) is 4.26. The molecule has 0 atom stereocenters. The van der Waals surface area contributed by atoms with E-state index in [-0.39, 0.29) is 5.91 Å². The molecule has 0 aliphatic heterocycles. The van der Waals surface area contributed by atoms with Crippen molar-refractivity contribution in [3.63, 3.8) is 0 Å². The van der Waals surface area contributed by atoms with Crippen molar-refractivity contribution in [1.29, 1.82) is 0 Å². The number of nitrogens with one attached hydrogen (secondary N) is 1. The van der Waals surface area contributed by atoms with E-state index in [2.05, 4.69) is 10.3 Å². The quantitative estimate of drug-likeness (QED) is 0.413. The highest BCUT2D eigenvalue weighted by Gasteiger charge is 2.15. The minimum atomic E-state index is -0.422. The van der Waals surface area contributed by atoms with Crippen LogP contribution >= 0.6 is 23.2 Å². The molecule has 3 aromatic carbocycles. The predicted molar refractivity (Wildman–Crippen MR) is 112 cm³/mol. The van der Waals surface area contributed by atoms with E-state index >= 15 is 0 Å². The van der Waals surface area contributed by atoms with Crippen LogP contribution in [0.4, 0.5) is 10.1 Å². The van der Waals surface area contributed by atoms with Crippen LogP contribution in [0.15, 0.2) is 72.8 Å². The van der Waals surface area contributed by atoms with Crippen LogP contribution in [0.5, 0.6) is 0 Å². The number of benzene rings is 3. The van der Waals surface area contributed by atoms with Gasteiger partial charge in [0.1, 0.15) is 5.82 Å². The summed E-state index contributed by atoms with van der Waals surface area (Å²) < 4.78 is 13.4. The van der Waals surface area contributed by atoms with Gasteiger partial charge in [-0.25, -0.2) is 9.37 Å². The molecule has 1 aromatic heterocycles. The van der Waals surface area contributed by atoms with Gasteiger partial charge in [-0.1, -0.05) is 53.5 Å². The maximum atomic E-state index is 13.4. The Balaban J connectivity index is 1.82. The third-order valence-corrected chi connectivity index (χ3v) is 5.00. The van der Waals surface area contributed by atoms with Crippen molar-refractivity contribution < 1.29 is 9.18 Å². The number of carbonyl (C=O) groups is 1. The number of para-hydroxylation sites is 1. The van der Waals surface area contributed by atoms with Crippen molar-refractivity contribution in [2.45, 2.75) is 0 Å². The van der Waals surface area contributed by atoms with E-state index in [4.69, 9.17) is 23.2 Å². The van der Waals surface area contributed by atoms with Gasteiger partial charge in [0.25, 0.3) is 5.91 Å². The molecular weight excluding hydrogens is 398 g/mol. The largest absolute Gasteiger partial charge is 0.322 e. The van der Waals surface area contributed by atoms with Crippen molar-refractivity contribution in [2.75, 3.05) is 5.32 Å². The van der Waals surface area contributed by atoms with Gasteiger partial charge in [0.15, 0.2) is 0 Å². The van der Waals surface area contributed by atoms with Crippen LogP contribution in [-0.2, 0) is 0 Å². The smallest absolute Gasteiger partial charge is 0.256 e. The Kier molecular flexibility index (Phi) is 4.99. The van der Waals surface area contributed by atoms with Gasteiger partial charge >= 0.3 is 0 Å². The summed E-state index contributed by atoms with van der Waals surface area (Å²) in [5.74, 6) is -0.778. The van der Waals surface area contributed by atoms with Crippen LogP contribution < -0.4 is 5.32 Å². The molecule has 28 heavy (non-hydrogen) atoms. The lowest BCUT2D eigenvalue weighted by atomic mass is 10.0. The highest BCUT2D eigenvalue weighted by molar-refractivity contribution is 6.42. The van der Waals surface area contributed by atoms with E-state index in [1.165, 1.54) is 18.2 Å². The van der Waals surface area contributed by atoms with Crippen LogP contribution in [-0.4, -0.2) is 10.9 Å². The summed E-state index contributed by atoms with van der Waals surface area (Å²) in [5.41, 5.74) is 2.79. The molecule has 0 bridgehead atoms. The zero-order valence-electron chi connectivity index (χ0n) is 14.4. The van der Waals surface area contributed by atoms with E-state index in [0.717, 1.165) is 5.56 Å². The Labute approximate surface area is 170 Å². The number of hydrogen-bond donors (Lipinski definition) is 1. The maximum Gasteiger partial charge on any atom is 0.256 e. The molecule has 0 saturated heterocycles. The second kappa shape index (κ2) is 7.58. The summed E-state index contributed by atoms with van der Waals surface area (Å²) in [6.45, 7) is 0. The second-order valence-electron chi connectivity index (χ2n) is 6.17. The topological polar surface area (TPSA) is 42.0 Å². The molecule has 0 fully saturated rings. The Bertz CT molecular complexity index is 1210. The first-order valence-electron chi connectivity index (χ1n) is 8.43. The number of aromatic nitrogens is 1. The zero-order valence-corrected chi connectivity index (χ0v) is 15.9. The van der Waals surface area contributed by atoms with Crippen LogP contribution in [0.25, 0.3) is 22.2 Å². The first kappa shape index (κ1) is 18.4. The maximum absolute atomic E-state index is 13.4. The van der Waals surface area contributed by atoms with Gasteiger partial charge in [-0.3, -0.25) is 4.79 Å². The first-order valence-corrected chi connectivity index (χ1v) is 9.19. The highest BCUT2D eigenvalue weighted by atomic mass is 35.5. The summed E-state index contributed by atoms with van der Waals surface area (Å²) in [6, 6.07) is 20.0. The molecule has 3 nitrogen and oxygen atoms in total. The number of fused-ring (bicyclic) bond motifs is 1. The molecule has 4 rings (SSSR count). The van der Waals surface area contributed by atoms with Crippen molar-refractivity contribution >= 4 is 45.7 Å². The van der Waals surface area contributed by atoms with Crippen molar-refractivity contribution in [3.05, 3.63) is 94.2 Å². The molecule has 138 valence electrons. The lowest BCUT2D eigenvalue weighted by molar-refractivity contribution is 0.102. The lowest BCUT2D eigenvalue weighted by Crippen LogP contribution is -2.13.